The Labute approximate surface area is 77.9 Å². The van der Waals surface area contributed by atoms with Crippen molar-refractivity contribution in [3.8, 4) is 0 Å². The predicted octanol–water partition coefficient (Wildman–Crippen LogP) is 0.641. The van der Waals surface area contributed by atoms with E-state index in [1.165, 1.54) is 0 Å². The Morgan fingerprint density at radius 1 is 1.54 bits per heavy atom. The van der Waals surface area contributed by atoms with Gasteiger partial charge in [-0.15, -0.1) is 0 Å². The number of hydrogen-bond donors (Lipinski definition) is 1. The molecule has 4 heteroatoms. The molecule has 1 aliphatic rings. The lowest BCUT2D eigenvalue weighted by Gasteiger charge is -2.30. The van der Waals surface area contributed by atoms with Gasteiger partial charge in [0.15, 0.2) is 0 Å². The molecular formula is C9H15N3O. The molecule has 0 saturated carbocycles. The van der Waals surface area contributed by atoms with Crippen molar-refractivity contribution in [1.29, 1.82) is 0 Å². The summed E-state index contributed by atoms with van der Waals surface area (Å²) in [7, 11) is 0. The van der Waals surface area contributed by atoms with Crippen molar-refractivity contribution in [3.05, 3.63) is 18.4 Å². The van der Waals surface area contributed by atoms with Gasteiger partial charge >= 0.3 is 0 Å². The van der Waals surface area contributed by atoms with Crippen LogP contribution in [-0.4, -0.2) is 36.1 Å². The van der Waals surface area contributed by atoms with E-state index in [0.29, 0.717) is 6.04 Å². The van der Waals surface area contributed by atoms with Gasteiger partial charge in [-0.05, 0) is 6.92 Å². The first-order valence-corrected chi connectivity index (χ1v) is 4.72. The van der Waals surface area contributed by atoms with E-state index in [2.05, 4.69) is 22.1 Å². The molecule has 13 heavy (non-hydrogen) atoms. The van der Waals surface area contributed by atoms with Crippen LogP contribution in [0.5, 0.6) is 0 Å². The Hall–Kier alpha value is -0.870. The average molecular weight is 181 g/mol. The second-order valence-electron chi connectivity index (χ2n) is 3.33. The fourth-order valence-corrected chi connectivity index (χ4v) is 1.67. The first kappa shape index (κ1) is 8.72. The van der Waals surface area contributed by atoms with Crippen LogP contribution in [0.3, 0.4) is 0 Å². The highest BCUT2D eigenvalue weighted by Gasteiger charge is 2.20. The van der Waals surface area contributed by atoms with Crippen LogP contribution in [0.2, 0.25) is 0 Å². The number of aromatic nitrogens is 1. The fourth-order valence-electron chi connectivity index (χ4n) is 1.67. The maximum absolute atomic E-state index is 5.28. The molecule has 0 aliphatic carbocycles. The standard InChI is InChI=1S/C9H15N3O/c1-8(9-11-4-7-13-9)12-5-2-10-3-6-12/h4,7-8,10H,2-3,5-6H2,1H3. The Morgan fingerprint density at radius 2 is 2.31 bits per heavy atom. The normalized spacial score (nSPS) is 21.6. The average Bonchev–Trinajstić information content (AvgIpc) is 2.71. The monoisotopic (exact) mass is 181 g/mol. The van der Waals surface area contributed by atoms with Crippen molar-refractivity contribution in [1.82, 2.24) is 15.2 Å². The van der Waals surface area contributed by atoms with Crippen molar-refractivity contribution in [3.63, 3.8) is 0 Å². The summed E-state index contributed by atoms with van der Waals surface area (Å²) in [5.74, 6) is 0.821. The third-order valence-electron chi connectivity index (χ3n) is 2.51. The maximum atomic E-state index is 5.28. The molecule has 2 heterocycles. The third kappa shape index (κ3) is 1.89. The van der Waals surface area contributed by atoms with E-state index < -0.39 is 0 Å². The van der Waals surface area contributed by atoms with Gasteiger partial charge in [0.05, 0.1) is 12.2 Å². The van der Waals surface area contributed by atoms with Gasteiger partial charge in [-0.25, -0.2) is 4.98 Å². The molecule has 0 bridgehead atoms. The van der Waals surface area contributed by atoms with Gasteiger partial charge in [-0.2, -0.15) is 0 Å². The zero-order valence-corrected chi connectivity index (χ0v) is 7.86. The summed E-state index contributed by atoms with van der Waals surface area (Å²) < 4.78 is 5.28. The molecule has 0 amide bonds. The highest BCUT2D eigenvalue weighted by atomic mass is 16.3. The lowest BCUT2D eigenvalue weighted by atomic mass is 10.2. The summed E-state index contributed by atoms with van der Waals surface area (Å²) >= 11 is 0. The van der Waals surface area contributed by atoms with Gasteiger partial charge < -0.3 is 9.73 Å². The van der Waals surface area contributed by atoms with E-state index in [0.717, 1.165) is 32.1 Å². The van der Waals surface area contributed by atoms with Crippen LogP contribution in [0.25, 0.3) is 0 Å². The van der Waals surface area contributed by atoms with E-state index in [-0.39, 0.29) is 0 Å². The number of nitrogens with zero attached hydrogens (tertiary/aromatic N) is 2. The summed E-state index contributed by atoms with van der Waals surface area (Å²) in [5, 5.41) is 3.32. The van der Waals surface area contributed by atoms with Crippen LogP contribution in [0, 0.1) is 0 Å². The van der Waals surface area contributed by atoms with Gasteiger partial charge in [0.1, 0.15) is 6.26 Å². The van der Waals surface area contributed by atoms with Gasteiger partial charge in [-0.3, -0.25) is 4.90 Å². The van der Waals surface area contributed by atoms with Gasteiger partial charge in [-0.1, -0.05) is 0 Å². The van der Waals surface area contributed by atoms with Crippen LogP contribution in [0.15, 0.2) is 16.9 Å². The van der Waals surface area contributed by atoms with Crippen LogP contribution in [0.1, 0.15) is 18.9 Å². The summed E-state index contributed by atoms with van der Waals surface area (Å²) in [6.07, 6.45) is 3.34. The molecule has 0 aromatic carbocycles. The highest BCUT2D eigenvalue weighted by molar-refractivity contribution is 4.90. The molecule has 1 aromatic heterocycles. The van der Waals surface area contributed by atoms with Crippen LogP contribution in [-0.2, 0) is 0 Å². The number of nitrogens with one attached hydrogen (secondary N) is 1. The molecule has 1 N–H and O–H groups in total. The van der Waals surface area contributed by atoms with Crippen molar-refractivity contribution < 1.29 is 4.42 Å². The third-order valence-corrected chi connectivity index (χ3v) is 2.51. The molecule has 1 aromatic rings. The first-order valence-electron chi connectivity index (χ1n) is 4.72. The quantitative estimate of drug-likeness (QED) is 0.727. The molecule has 4 nitrogen and oxygen atoms in total. The minimum absolute atomic E-state index is 0.303. The van der Waals surface area contributed by atoms with Crippen molar-refractivity contribution in [2.24, 2.45) is 0 Å². The molecule has 0 spiro atoms. The van der Waals surface area contributed by atoms with Gasteiger partial charge in [0, 0.05) is 26.2 Å². The van der Waals surface area contributed by atoms with E-state index in [1.807, 2.05) is 0 Å². The lowest BCUT2D eigenvalue weighted by Crippen LogP contribution is -2.44. The Morgan fingerprint density at radius 3 is 2.92 bits per heavy atom. The van der Waals surface area contributed by atoms with Crippen molar-refractivity contribution >= 4 is 0 Å². The minimum atomic E-state index is 0.303. The molecular weight excluding hydrogens is 166 g/mol. The minimum Gasteiger partial charge on any atom is -0.447 e. The maximum Gasteiger partial charge on any atom is 0.211 e. The number of rotatable bonds is 2. The first-order chi connectivity index (χ1) is 6.38. The molecule has 1 fully saturated rings. The van der Waals surface area contributed by atoms with E-state index in [9.17, 15) is 0 Å². The molecule has 0 radical (unpaired) electrons. The van der Waals surface area contributed by atoms with Gasteiger partial charge in [0.2, 0.25) is 5.89 Å². The van der Waals surface area contributed by atoms with Crippen LogP contribution in [0.4, 0.5) is 0 Å². The van der Waals surface area contributed by atoms with Crippen molar-refractivity contribution in [2.45, 2.75) is 13.0 Å². The Kier molecular flexibility index (Phi) is 2.61. The largest absolute Gasteiger partial charge is 0.447 e. The van der Waals surface area contributed by atoms with Crippen molar-refractivity contribution in [2.75, 3.05) is 26.2 Å². The van der Waals surface area contributed by atoms with E-state index in [1.54, 1.807) is 12.5 Å². The SMILES string of the molecule is CC(c1ncco1)N1CCNCC1. The molecule has 1 unspecified atom stereocenters. The molecule has 72 valence electrons. The number of hydrogen-bond acceptors (Lipinski definition) is 4. The molecule has 1 aliphatic heterocycles. The highest BCUT2D eigenvalue weighted by Crippen LogP contribution is 2.17. The second-order valence-corrected chi connectivity index (χ2v) is 3.33. The predicted molar refractivity (Wildman–Crippen MR) is 49.4 cm³/mol. The zero-order valence-electron chi connectivity index (χ0n) is 7.86. The zero-order chi connectivity index (χ0) is 9.10. The number of oxazole rings is 1. The molecule has 2 rings (SSSR count). The summed E-state index contributed by atoms with van der Waals surface area (Å²) in [5.41, 5.74) is 0. The van der Waals surface area contributed by atoms with Gasteiger partial charge in [0.25, 0.3) is 0 Å². The Balaban J connectivity index is 1.99. The summed E-state index contributed by atoms with van der Waals surface area (Å²) in [6.45, 7) is 6.40. The fraction of sp³-hybridized carbons (Fsp3) is 0.667. The Bertz CT molecular complexity index is 241. The smallest absolute Gasteiger partial charge is 0.211 e. The van der Waals surface area contributed by atoms with Crippen LogP contribution >= 0.6 is 0 Å². The van der Waals surface area contributed by atoms with E-state index in [4.69, 9.17) is 4.42 Å². The summed E-state index contributed by atoms with van der Waals surface area (Å²) in [4.78, 5) is 6.54. The topological polar surface area (TPSA) is 41.3 Å². The summed E-state index contributed by atoms with van der Waals surface area (Å²) in [6, 6.07) is 0.303. The second kappa shape index (κ2) is 3.89. The number of piperazine rings is 1. The van der Waals surface area contributed by atoms with E-state index >= 15 is 0 Å². The molecule has 1 atom stereocenters. The lowest BCUT2D eigenvalue weighted by molar-refractivity contribution is 0.162. The molecule has 1 saturated heterocycles. The van der Waals surface area contributed by atoms with Crippen LogP contribution < -0.4 is 5.32 Å².